The van der Waals surface area contributed by atoms with Gasteiger partial charge in [0.1, 0.15) is 0 Å². The lowest BCUT2D eigenvalue weighted by Gasteiger charge is -2.18. The first-order valence-corrected chi connectivity index (χ1v) is 6.74. The summed E-state index contributed by atoms with van der Waals surface area (Å²) in [5, 5.41) is 0. The average molecular weight is 302 g/mol. The first kappa shape index (κ1) is 14.8. The molecule has 9 heteroatoms. The molecule has 0 unspecified atom stereocenters. The maximum atomic E-state index is 12.1. The smallest absolute Gasteiger partial charge is 0.308 e. The summed E-state index contributed by atoms with van der Waals surface area (Å²) >= 11 is 0. The first-order valence-electron chi connectivity index (χ1n) is 4.43. The zero-order chi connectivity index (χ0) is 14.1. The Balaban J connectivity index is 3.03. The third-order valence-electron chi connectivity index (χ3n) is 2.05. The molecule has 18 heavy (non-hydrogen) atoms. The molecule has 0 fully saturated rings. The van der Waals surface area contributed by atoms with Crippen molar-refractivity contribution in [3.8, 4) is 0 Å². The molecule has 1 aromatic rings. The largest absolute Gasteiger partial charge is 0.471 e. The molecule has 0 aromatic heterocycles. The number of carbonyl (C=O) groups is 1. The molecular weight excluding hydrogens is 295 g/mol. The molecule has 0 aliphatic carbocycles. The number of alkyl halides is 3. The molecule has 1 amide bonds. The number of hydrogen-bond donors (Lipinski definition) is 0. The Bertz CT molecular complexity index is 553. The van der Waals surface area contributed by atoms with Crippen molar-refractivity contribution < 1.29 is 26.4 Å². The van der Waals surface area contributed by atoms with Crippen molar-refractivity contribution in [2.45, 2.75) is 11.1 Å². The molecule has 0 saturated carbocycles. The molecule has 100 valence electrons. The Hall–Kier alpha value is -1.28. The summed E-state index contributed by atoms with van der Waals surface area (Å²) in [6.07, 6.45) is -4.99. The monoisotopic (exact) mass is 301 g/mol. The van der Waals surface area contributed by atoms with Crippen molar-refractivity contribution in [1.29, 1.82) is 0 Å². The van der Waals surface area contributed by atoms with Gasteiger partial charge >= 0.3 is 12.1 Å². The molecule has 0 saturated heterocycles. The molecule has 0 aliphatic rings. The van der Waals surface area contributed by atoms with Gasteiger partial charge in [-0.25, -0.2) is 8.42 Å². The predicted molar refractivity (Wildman–Crippen MR) is 58.9 cm³/mol. The maximum absolute atomic E-state index is 12.1. The van der Waals surface area contributed by atoms with Gasteiger partial charge in [0.25, 0.3) is 9.05 Å². The summed E-state index contributed by atoms with van der Waals surface area (Å²) in [6.45, 7) is 0. The van der Waals surface area contributed by atoms with Gasteiger partial charge < -0.3 is 4.90 Å². The van der Waals surface area contributed by atoms with Crippen LogP contribution in [0.1, 0.15) is 0 Å². The fourth-order valence-corrected chi connectivity index (χ4v) is 1.91. The second kappa shape index (κ2) is 4.77. The number of nitrogens with zero attached hydrogens (tertiary/aromatic N) is 1. The van der Waals surface area contributed by atoms with Crippen LogP contribution in [-0.4, -0.2) is 27.5 Å². The van der Waals surface area contributed by atoms with E-state index in [1.165, 1.54) is 0 Å². The molecular formula is C9H7ClF3NO3S. The van der Waals surface area contributed by atoms with E-state index in [-0.39, 0.29) is 10.6 Å². The number of halogens is 4. The van der Waals surface area contributed by atoms with Crippen molar-refractivity contribution in [3.63, 3.8) is 0 Å². The number of rotatable bonds is 2. The third kappa shape index (κ3) is 3.36. The summed E-state index contributed by atoms with van der Waals surface area (Å²) < 4.78 is 58.3. The van der Waals surface area contributed by atoms with E-state index in [2.05, 4.69) is 0 Å². The fraction of sp³-hybridized carbons (Fsp3) is 0.222. The molecule has 0 radical (unpaired) electrons. The van der Waals surface area contributed by atoms with Crippen molar-refractivity contribution in [2.75, 3.05) is 11.9 Å². The molecule has 0 N–H and O–H groups in total. The van der Waals surface area contributed by atoms with Crippen LogP contribution in [0.5, 0.6) is 0 Å². The first-order chi connectivity index (χ1) is 8.03. The number of hydrogen-bond acceptors (Lipinski definition) is 3. The summed E-state index contributed by atoms with van der Waals surface area (Å²) in [5.74, 6) is -2.05. The van der Waals surface area contributed by atoms with Gasteiger partial charge in [-0.15, -0.1) is 0 Å². The van der Waals surface area contributed by atoms with E-state index in [1.807, 2.05) is 0 Å². The van der Waals surface area contributed by atoms with Crippen LogP contribution < -0.4 is 4.90 Å². The van der Waals surface area contributed by atoms with Gasteiger partial charge in [0.2, 0.25) is 0 Å². The minimum Gasteiger partial charge on any atom is -0.308 e. The molecule has 0 bridgehead atoms. The Morgan fingerprint density at radius 2 is 1.67 bits per heavy atom. The lowest BCUT2D eigenvalue weighted by molar-refractivity contribution is -0.170. The highest BCUT2D eigenvalue weighted by atomic mass is 35.7. The zero-order valence-corrected chi connectivity index (χ0v) is 10.5. The van der Waals surface area contributed by atoms with Crippen LogP contribution in [-0.2, 0) is 13.8 Å². The number of carbonyl (C=O) groups excluding carboxylic acids is 1. The second-order valence-electron chi connectivity index (χ2n) is 3.29. The Labute approximate surface area is 105 Å². The van der Waals surface area contributed by atoms with Crippen LogP contribution in [0.15, 0.2) is 29.2 Å². The van der Waals surface area contributed by atoms with E-state index < -0.39 is 21.1 Å². The highest BCUT2D eigenvalue weighted by Gasteiger charge is 2.41. The van der Waals surface area contributed by atoms with Crippen LogP contribution in [0.2, 0.25) is 0 Å². The number of anilines is 1. The lowest BCUT2D eigenvalue weighted by atomic mass is 10.3. The summed E-state index contributed by atoms with van der Waals surface area (Å²) in [7, 11) is 2.02. The van der Waals surface area contributed by atoms with Crippen molar-refractivity contribution >= 4 is 31.3 Å². The van der Waals surface area contributed by atoms with Crippen LogP contribution in [0.4, 0.5) is 18.9 Å². The molecule has 0 atom stereocenters. The van der Waals surface area contributed by atoms with Crippen molar-refractivity contribution in [2.24, 2.45) is 0 Å². The Morgan fingerprint density at radius 1 is 1.22 bits per heavy atom. The fourth-order valence-electron chi connectivity index (χ4n) is 1.14. The number of amides is 1. The van der Waals surface area contributed by atoms with E-state index in [0.717, 1.165) is 31.3 Å². The predicted octanol–water partition coefficient (Wildman–Crippen LogP) is 2.14. The highest BCUT2D eigenvalue weighted by Crippen LogP contribution is 2.24. The molecule has 1 aromatic carbocycles. The summed E-state index contributed by atoms with van der Waals surface area (Å²) in [6, 6.07) is 4.13. The van der Waals surface area contributed by atoms with Gasteiger partial charge in [0.05, 0.1) is 4.90 Å². The van der Waals surface area contributed by atoms with Gasteiger partial charge in [0, 0.05) is 23.4 Å². The molecule has 4 nitrogen and oxygen atoms in total. The van der Waals surface area contributed by atoms with E-state index in [4.69, 9.17) is 10.7 Å². The summed E-state index contributed by atoms with van der Waals surface area (Å²) in [4.78, 5) is 11.0. The van der Waals surface area contributed by atoms with E-state index in [0.29, 0.717) is 4.90 Å². The highest BCUT2D eigenvalue weighted by molar-refractivity contribution is 8.13. The van der Waals surface area contributed by atoms with Gasteiger partial charge in [-0.2, -0.15) is 13.2 Å². The minimum atomic E-state index is -4.99. The summed E-state index contributed by atoms with van der Waals surface area (Å²) in [5.41, 5.74) is -0.0959. The Kier molecular flexibility index (Phi) is 3.92. The van der Waals surface area contributed by atoms with Gasteiger partial charge in [-0.1, -0.05) is 0 Å². The molecule has 0 spiro atoms. The standard InChI is InChI=1S/C9H7ClF3NO3S/c1-14(8(15)9(11,12)13)6-2-4-7(5-3-6)18(10,16)17/h2-5H,1H3. The maximum Gasteiger partial charge on any atom is 0.471 e. The lowest BCUT2D eigenvalue weighted by Crippen LogP contribution is -2.38. The van der Waals surface area contributed by atoms with Crippen molar-refractivity contribution in [1.82, 2.24) is 0 Å². The SMILES string of the molecule is CN(C(=O)C(F)(F)F)c1ccc(S(=O)(=O)Cl)cc1. The molecule has 0 heterocycles. The van der Waals surface area contributed by atoms with Crippen molar-refractivity contribution in [3.05, 3.63) is 24.3 Å². The van der Waals surface area contributed by atoms with Crippen LogP contribution in [0.25, 0.3) is 0 Å². The van der Waals surface area contributed by atoms with E-state index >= 15 is 0 Å². The van der Waals surface area contributed by atoms with Gasteiger partial charge in [-0.05, 0) is 24.3 Å². The zero-order valence-electron chi connectivity index (χ0n) is 8.90. The van der Waals surface area contributed by atoms with E-state index in [9.17, 15) is 26.4 Å². The normalized spacial score (nSPS) is 12.3. The third-order valence-corrected chi connectivity index (χ3v) is 3.42. The van der Waals surface area contributed by atoms with Gasteiger partial charge in [0.15, 0.2) is 0 Å². The molecule has 1 rings (SSSR count). The average Bonchev–Trinajstić information content (AvgIpc) is 2.25. The second-order valence-corrected chi connectivity index (χ2v) is 5.86. The van der Waals surface area contributed by atoms with Crippen LogP contribution >= 0.6 is 10.7 Å². The quantitative estimate of drug-likeness (QED) is 0.786. The number of benzene rings is 1. The van der Waals surface area contributed by atoms with Crippen LogP contribution in [0.3, 0.4) is 0 Å². The topological polar surface area (TPSA) is 54.5 Å². The molecule has 0 aliphatic heterocycles. The van der Waals surface area contributed by atoms with Gasteiger partial charge in [-0.3, -0.25) is 4.79 Å². The van der Waals surface area contributed by atoms with Crippen LogP contribution in [0, 0.1) is 0 Å². The van der Waals surface area contributed by atoms with E-state index in [1.54, 1.807) is 0 Å². The Morgan fingerprint density at radius 3 is 2.00 bits per heavy atom. The minimum absolute atomic E-state index is 0.0959.